The summed E-state index contributed by atoms with van der Waals surface area (Å²) in [5.74, 6) is 1.24. The Bertz CT molecular complexity index is 180. The van der Waals surface area contributed by atoms with E-state index >= 15 is 0 Å². The Morgan fingerprint density at radius 3 is 2.43 bits per heavy atom. The fourth-order valence-electron chi connectivity index (χ4n) is 1.60. The number of aldehydes is 1. The minimum absolute atomic E-state index is 0.472. The van der Waals surface area contributed by atoms with E-state index in [2.05, 4.69) is 33.8 Å². The number of rotatable bonds is 7. The van der Waals surface area contributed by atoms with Gasteiger partial charge >= 0.3 is 0 Å². The molecule has 0 fully saturated rings. The summed E-state index contributed by atoms with van der Waals surface area (Å²) in [7, 11) is 0. The van der Waals surface area contributed by atoms with E-state index in [0.29, 0.717) is 12.3 Å². The summed E-state index contributed by atoms with van der Waals surface area (Å²) in [4.78, 5) is 10.4. The largest absolute Gasteiger partial charge is 0.303 e. The molecule has 0 N–H and O–H groups in total. The Kier molecular flexibility index (Phi) is 7.45. The van der Waals surface area contributed by atoms with Crippen molar-refractivity contribution in [1.82, 2.24) is 0 Å². The predicted molar refractivity (Wildman–Crippen MR) is 62.3 cm³/mol. The molecule has 82 valence electrons. The Morgan fingerprint density at radius 1 is 1.36 bits per heavy atom. The molecule has 0 bridgehead atoms. The average molecular weight is 196 g/mol. The molecule has 0 saturated carbocycles. The fourth-order valence-corrected chi connectivity index (χ4v) is 1.60. The van der Waals surface area contributed by atoms with Gasteiger partial charge in [-0.25, -0.2) is 0 Å². The number of allylic oxidation sites excluding steroid dienone is 2. The zero-order valence-electron chi connectivity index (χ0n) is 10.0. The van der Waals surface area contributed by atoms with Gasteiger partial charge in [0.05, 0.1) is 0 Å². The Morgan fingerprint density at radius 2 is 2.00 bits per heavy atom. The van der Waals surface area contributed by atoms with Crippen molar-refractivity contribution in [1.29, 1.82) is 0 Å². The molecule has 0 rings (SSSR count). The number of hydrogen-bond donors (Lipinski definition) is 0. The van der Waals surface area contributed by atoms with Crippen molar-refractivity contribution in [2.75, 3.05) is 0 Å². The van der Waals surface area contributed by atoms with Crippen molar-refractivity contribution >= 4 is 6.29 Å². The van der Waals surface area contributed by atoms with Gasteiger partial charge in [-0.1, -0.05) is 32.4 Å². The van der Waals surface area contributed by atoms with Crippen LogP contribution in [-0.4, -0.2) is 6.29 Å². The quantitative estimate of drug-likeness (QED) is 0.444. The molecule has 0 aromatic carbocycles. The highest BCUT2D eigenvalue weighted by Crippen LogP contribution is 2.19. The topological polar surface area (TPSA) is 17.1 Å². The number of carbonyl (C=O) groups excluding carboxylic acids is 1. The zero-order chi connectivity index (χ0) is 11.0. The summed E-state index contributed by atoms with van der Waals surface area (Å²) in [5, 5.41) is 0. The van der Waals surface area contributed by atoms with Crippen LogP contribution in [0.3, 0.4) is 0 Å². The van der Waals surface area contributed by atoms with Crippen LogP contribution in [0.25, 0.3) is 0 Å². The SMILES string of the molecule is CCC(CC=O)/C(C)=C/CCC(C)C. The molecule has 0 aromatic rings. The van der Waals surface area contributed by atoms with Gasteiger partial charge in [0.1, 0.15) is 6.29 Å². The van der Waals surface area contributed by atoms with Crippen LogP contribution in [0.2, 0.25) is 0 Å². The lowest BCUT2D eigenvalue weighted by atomic mass is 9.93. The minimum atomic E-state index is 0.472. The summed E-state index contributed by atoms with van der Waals surface area (Å²) < 4.78 is 0. The smallest absolute Gasteiger partial charge is 0.120 e. The van der Waals surface area contributed by atoms with Crippen LogP contribution in [0.1, 0.15) is 53.4 Å². The van der Waals surface area contributed by atoms with Crippen LogP contribution in [0.4, 0.5) is 0 Å². The maximum Gasteiger partial charge on any atom is 0.120 e. The second kappa shape index (κ2) is 7.78. The third kappa shape index (κ3) is 5.95. The highest BCUT2D eigenvalue weighted by atomic mass is 16.1. The lowest BCUT2D eigenvalue weighted by Gasteiger charge is -2.12. The standard InChI is InChI=1S/C13H24O/c1-5-13(9-10-14)12(4)8-6-7-11(2)3/h8,10-11,13H,5-7,9H2,1-4H3/b12-8+. The van der Waals surface area contributed by atoms with Gasteiger partial charge in [-0.3, -0.25) is 0 Å². The van der Waals surface area contributed by atoms with E-state index in [9.17, 15) is 4.79 Å². The fraction of sp³-hybridized carbons (Fsp3) is 0.769. The van der Waals surface area contributed by atoms with E-state index in [-0.39, 0.29) is 0 Å². The lowest BCUT2D eigenvalue weighted by Crippen LogP contribution is -2.01. The average Bonchev–Trinajstić information content (AvgIpc) is 2.13. The van der Waals surface area contributed by atoms with Crippen LogP contribution < -0.4 is 0 Å². The molecule has 0 aromatic heterocycles. The second-order valence-corrected chi connectivity index (χ2v) is 4.43. The third-order valence-electron chi connectivity index (χ3n) is 2.73. The molecule has 14 heavy (non-hydrogen) atoms. The summed E-state index contributed by atoms with van der Waals surface area (Å²) in [6.07, 6.45) is 7.49. The highest BCUT2D eigenvalue weighted by molar-refractivity contribution is 5.50. The van der Waals surface area contributed by atoms with E-state index in [1.54, 1.807) is 0 Å². The van der Waals surface area contributed by atoms with E-state index in [0.717, 1.165) is 25.0 Å². The summed E-state index contributed by atoms with van der Waals surface area (Å²) in [6.45, 7) is 8.78. The van der Waals surface area contributed by atoms with Gasteiger partial charge in [0.25, 0.3) is 0 Å². The van der Waals surface area contributed by atoms with Crippen molar-refractivity contribution in [2.24, 2.45) is 11.8 Å². The lowest BCUT2D eigenvalue weighted by molar-refractivity contribution is -0.108. The zero-order valence-corrected chi connectivity index (χ0v) is 10.0. The minimum Gasteiger partial charge on any atom is -0.303 e. The molecular weight excluding hydrogens is 172 g/mol. The van der Waals surface area contributed by atoms with E-state index in [4.69, 9.17) is 0 Å². The van der Waals surface area contributed by atoms with Crippen LogP contribution in [0.5, 0.6) is 0 Å². The van der Waals surface area contributed by atoms with Gasteiger partial charge in [0, 0.05) is 6.42 Å². The van der Waals surface area contributed by atoms with Gasteiger partial charge in [-0.15, -0.1) is 0 Å². The van der Waals surface area contributed by atoms with Gasteiger partial charge in [-0.2, -0.15) is 0 Å². The molecular formula is C13H24O. The van der Waals surface area contributed by atoms with Gasteiger partial charge in [0.15, 0.2) is 0 Å². The molecule has 0 spiro atoms. The van der Waals surface area contributed by atoms with Crippen molar-refractivity contribution in [3.8, 4) is 0 Å². The monoisotopic (exact) mass is 196 g/mol. The maximum atomic E-state index is 10.4. The summed E-state index contributed by atoms with van der Waals surface area (Å²) in [6, 6.07) is 0. The molecule has 1 unspecified atom stereocenters. The maximum absolute atomic E-state index is 10.4. The Balaban J connectivity index is 3.98. The van der Waals surface area contributed by atoms with Gasteiger partial charge in [-0.05, 0) is 38.0 Å². The third-order valence-corrected chi connectivity index (χ3v) is 2.73. The van der Waals surface area contributed by atoms with E-state index < -0.39 is 0 Å². The summed E-state index contributed by atoms with van der Waals surface area (Å²) >= 11 is 0. The molecule has 1 atom stereocenters. The first-order valence-electron chi connectivity index (χ1n) is 5.72. The normalized spacial score (nSPS) is 14.5. The van der Waals surface area contributed by atoms with Gasteiger partial charge < -0.3 is 4.79 Å². The molecule has 1 nitrogen and oxygen atoms in total. The first-order chi connectivity index (χ1) is 6.61. The Hall–Kier alpha value is -0.590. The van der Waals surface area contributed by atoms with E-state index in [1.165, 1.54) is 12.0 Å². The number of hydrogen-bond acceptors (Lipinski definition) is 1. The molecule has 0 aliphatic rings. The molecule has 0 saturated heterocycles. The number of carbonyl (C=O) groups is 1. The van der Waals surface area contributed by atoms with Crippen molar-refractivity contribution in [3.63, 3.8) is 0 Å². The first-order valence-corrected chi connectivity index (χ1v) is 5.72. The van der Waals surface area contributed by atoms with Crippen molar-refractivity contribution < 1.29 is 4.79 Å². The highest BCUT2D eigenvalue weighted by Gasteiger charge is 2.06. The van der Waals surface area contributed by atoms with Gasteiger partial charge in [0.2, 0.25) is 0 Å². The van der Waals surface area contributed by atoms with E-state index in [1.807, 2.05) is 0 Å². The predicted octanol–water partition coefficient (Wildman–Crippen LogP) is 3.98. The van der Waals surface area contributed by atoms with Crippen LogP contribution in [0.15, 0.2) is 11.6 Å². The summed E-state index contributed by atoms with van der Waals surface area (Å²) in [5.41, 5.74) is 1.39. The molecule has 0 aliphatic heterocycles. The molecule has 0 radical (unpaired) electrons. The van der Waals surface area contributed by atoms with Crippen molar-refractivity contribution in [3.05, 3.63) is 11.6 Å². The molecule has 0 amide bonds. The molecule has 1 heteroatoms. The first kappa shape index (κ1) is 13.4. The van der Waals surface area contributed by atoms with Crippen LogP contribution in [-0.2, 0) is 4.79 Å². The molecule has 0 aliphatic carbocycles. The molecule has 0 heterocycles. The second-order valence-electron chi connectivity index (χ2n) is 4.43. The van der Waals surface area contributed by atoms with Crippen molar-refractivity contribution in [2.45, 2.75) is 53.4 Å². The van der Waals surface area contributed by atoms with Crippen LogP contribution >= 0.6 is 0 Å². The Labute approximate surface area is 88.6 Å². The van der Waals surface area contributed by atoms with Crippen LogP contribution in [0, 0.1) is 11.8 Å².